The number of amides is 2. The van der Waals surface area contributed by atoms with E-state index >= 15 is 0 Å². The molecule has 116 valence electrons. The number of nitrogens with zero attached hydrogens (tertiary/aromatic N) is 2. The van der Waals surface area contributed by atoms with Crippen LogP contribution in [0.1, 0.15) is 0 Å². The molecule has 2 aliphatic rings. The van der Waals surface area contributed by atoms with E-state index in [1.54, 1.807) is 4.90 Å². The van der Waals surface area contributed by atoms with Crippen LogP contribution in [0.25, 0.3) is 0 Å². The molecule has 8 nitrogen and oxygen atoms in total. The Balaban J connectivity index is 1.72. The summed E-state index contributed by atoms with van der Waals surface area (Å²) in [7, 11) is -3.31. The molecule has 1 N–H and O–H groups in total. The smallest absolute Gasteiger partial charge is 0.317 e. The second kappa shape index (κ2) is 7.21. The lowest BCUT2D eigenvalue weighted by atomic mass is 10.4. The molecule has 2 rings (SSSR count). The van der Waals surface area contributed by atoms with Crippen LogP contribution in [0.4, 0.5) is 4.79 Å². The molecule has 0 aromatic carbocycles. The normalized spacial score (nSPS) is 21.7. The Morgan fingerprint density at radius 2 is 1.55 bits per heavy atom. The van der Waals surface area contributed by atoms with E-state index < -0.39 is 10.0 Å². The van der Waals surface area contributed by atoms with Crippen LogP contribution in [-0.4, -0.2) is 88.6 Å². The van der Waals surface area contributed by atoms with E-state index in [4.69, 9.17) is 9.47 Å². The highest BCUT2D eigenvalue weighted by atomic mass is 32.2. The van der Waals surface area contributed by atoms with Crippen molar-refractivity contribution in [2.24, 2.45) is 0 Å². The Hall–Kier alpha value is -0.900. The largest absolute Gasteiger partial charge is 0.379 e. The molecule has 0 radical (unpaired) electrons. The standard InChI is InChI=1S/C11H21N3O5S/c15-11(13-2-6-18-7-3-13)12-1-10-20(16,17)14-4-8-19-9-5-14/h1-10H2,(H,12,15). The molecule has 0 atom stereocenters. The van der Waals surface area contributed by atoms with Crippen molar-refractivity contribution in [3.05, 3.63) is 0 Å². The fraction of sp³-hybridized carbons (Fsp3) is 0.909. The van der Waals surface area contributed by atoms with E-state index in [0.717, 1.165) is 0 Å². The predicted octanol–water partition coefficient (Wildman–Crippen LogP) is -1.31. The second-order valence-corrected chi connectivity index (χ2v) is 6.75. The van der Waals surface area contributed by atoms with Gasteiger partial charge in [-0.3, -0.25) is 0 Å². The number of sulfonamides is 1. The van der Waals surface area contributed by atoms with E-state index in [-0.39, 0.29) is 18.3 Å². The molecule has 2 aliphatic heterocycles. The number of morpholine rings is 2. The van der Waals surface area contributed by atoms with Crippen molar-refractivity contribution >= 4 is 16.1 Å². The third kappa shape index (κ3) is 4.30. The number of hydrogen-bond donors (Lipinski definition) is 1. The van der Waals surface area contributed by atoms with Gasteiger partial charge in [0.15, 0.2) is 0 Å². The quantitative estimate of drug-likeness (QED) is 0.697. The molecule has 20 heavy (non-hydrogen) atoms. The summed E-state index contributed by atoms with van der Waals surface area (Å²) in [6, 6.07) is -0.231. The average molecular weight is 307 g/mol. The Kier molecular flexibility index (Phi) is 5.58. The summed E-state index contributed by atoms with van der Waals surface area (Å²) in [6.07, 6.45) is 0. The van der Waals surface area contributed by atoms with Crippen LogP contribution >= 0.6 is 0 Å². The molecule has 2 heterocycles. The van der Waals surface area contributed by atoms with Crippen molar-refractivity contribution in [2.45, 2.75) is 0 Å². The molecular weight excluding hydrogens is 286 g/mol. The maximum atomic E-state index is 12.0. The zero-order chi connectivity index (χ0) is 14.4. The first kappa shape index (κ1) is 15.5. The Labute approximate surface area is 119 Å². The third-order valence-corrected chi connectivity index (χ3v) is 5.17. The summed E-state index contributed by atoms with van der Waals surface area (Å²) in [5.41, 5.74) is 0. The molecule has 0 unspecified atom stereocenters. The molecule has 0 bridgehead atoms. The predicted molar refractivity (Wildman–Crippen MR) is 72.0 cm³/mol. The van der Waals surface area contributed by atoms with Crippen molar-refractivity contribution in [3.63, 3.8) is 0 Å². The van der Waals surface area contributed by atoms with Crippen molar-refractivity contribution in [2.75, 3.05) is 64.9 Å². The SMILES string of the molecule is O=C(NCCS(=O)(=O)N1CCOCC1)N1CCOCC1. The topological polar surface area (TPSA) is 88.2 Å². The van der Waals surface area contributed by atoms with Gasteiger partial charge in [-0.25, -0.2) is 13.2 Å². The minimum atomic E-state index is -3.31. The van der Waals surface area contributed by atoms with Crippen LogP contribution in [0.2, 0.25) is 0 Å². The van der Waals surface area contributed by atoms with Crippen molar-refractivity contribution in [1.29, 1.82) is 0 Å². The van der Waals surface area contributed by atoms with Gasteiger partial charge < -0.3 is 19.7 Å². The summed E-state index contributed by atoms with van der Waals surface area (Å²) >= 11 is 0. The van der Waals surface area contributed by atoms with Crippen LogP contribution in [0.3, 0.4) is 0 Å². The molecule has 2 saturated heterocycles. The number of urea groups is 1. The van der Waals surface area contributed by atoms with E-state index in [9.17, 15) is 13.2 Å². The van der Waals surface area contributed by atoms with E-state index in [1.807, 2.05) is 0 Å². The minimum Gasteiger partial charge on any atom is -0.379 e. The monoisotopic (exact) mass is 307 g/mol. The maximum Gasteiger partial charge on any atom is 0.317 e. The lowest BCUT2D eigenvalue weighted by Gasteiger charge is -2.28. The number of carbonyl (C=O) groups is 1. The van der Waals surface area contributed by atoms with Gasteiger partial charge in [0.25, 0.3) is 0 Å². The Morgan fingerprint density at radius 1 is 1.00 bits per heavy atom. The van der Waals surface area contributed by atoms with Gasteiger partial charge in [-0.15, -0.1) is 0 Å². The van der Waals surface area contributed by atoms with Gasteiger partial charge in [0.2, 0.25) is 10.0 Å². The highest BCUT2D eigenvalue weighted by molar-refractivity contribution is 7.89. The molecular formula is C11H21N3O5S. The zero-order valence-corrected chi connectivity index (χ0v) is 12.2. The molecule has 0 aliphatic carbocycles. The maximum absolute atomic E-state index is 12.0. The Bertz CT molecular complexity index is 416. The molecule has 0 saturated carbocycles. The fourth-order valence-electron chi connectivity index (χ4n) is 2.12. The third-order valence-electron chi connectivity index (χ3n) is 3.30. The lowest BCUT2D eigenvalue weighted by molar-refractivity contribution is 0.0533. The zero-order valence-electron chi connectivity index (χ0n) is 11.4. The fourth-order valence-corrected chi connectivity index (χ4v) is 3.44. The van der Waals surface area contributed by atoms with Crippen molar-refractivity contribution < 1.29 is 22.7 Å². The molecule has 0 spiro atoms. The highest BCUT2D eigenvalue weighted by Crippen LogP contribution is 2.05. The van der Waals surface area contributed by atoms with Crippen molar-refractivity contribution in [1.82, 2.24) is 14.5 Å². The number of rotatable bonds is 4. The van der Waals surface area contributed by atoms with E-state index in [0.29, 0.717) is 52.6 Å². The van der Waals surface area contributed by atoms with Crippen LogP contribution in [-0.2, 0) is 19.5 Å². The number of hydrogen-bond acceptors (Lipinski definition) is 5. The molecule has 9 heteroatoms. The summed E-state index contributed by atoms with van der Waals surface area (Å²) in [5, 5.41) is 2.64. The summed E-state index contributed by atoms with van der Waals surface area (Å²) in [5.74, 6) is -0.0803. The first-order valence-electron chi connectivity index (χ1n) is 6.76. The van der Waals surface area contributed by atoms with Crippen molar-refractivity contribution in [3.8, 4) is 0 Å². The number of ether oxygens (including phenoxy) is 2. The second-order valence-electron chi connectivity index (χ2n) is 4.66. The van der Waals surface area contributed by atoms with Gasteiger partial charge in [0, 0.05) is 32.7 Å². The van der Waals surface area contributed by atoms with Gasteiger partial charge in [0.1, 0.15) is 0 Å². The summed E-state index contributed by atoms with van der Waals surface area (Å²) < 4.78 is 35.7. The Morgan fingerprint density at radius 3 is 2.15 bits per heavy atom. The van der Waals surface area contributed by atoms with Gasteiger partial charge in [-0.2, -0.15) is 4.31 Å². The van der Waals surface area contributed by atoms with Gasteiger partial charge in [0.05, 0.1) is 32.2 Å². The van der Waals surface area contributed by atoms with Crippen LogP contribution in [0.5, 0.6) is 0 Å². The van der Waals surface area contributed by atoms with Gasteiger partial charge in [-0.1, -0.05) is 0 Å². The lowest BCUT2D eigenvalue weighted by Crippen LogP contribution is -2.48. The van der Waals surface area contributed by atoms with Gasteiger partial charge in [-0.05, 0) is 0 Å². The molecule has 2 amide bonds. The number of nitrogens with one attached hydrogen (secondary N) is 1. The minimum absolute atomic E-state index is 0.0803. The average Bonchev–Trinajstić information content (AvgIpc) is 2.49. The molecule has 2 fully saturated rings. The van der Waals surface area contributed by atoms with Crippen LogP contribution in [0.15, 0.2) is 0 Å². The van der Waals surface area contributed by atoms with Gasteiger partial charge >= 0.3 is 6.03 Å². The molecule has 0 aromatic rings. The van der Waals surface area contributed by atoms with E-state index in [2.05, 4.69) is 5.32 Å². The summed E-state index contributed by atoms with van der Waals surface area (Å²) in [6.45, 7) is 3.90. The molecule has 0 aromatic heterocycles. The summed E-state index contributed by atoms with van der Waals surface area (Å²) in [4.78, 5) is 13.4. The van der Waals surface area contributed by atoms with Crippen LogP contribution < -0.4 is 5.32 Å². The first-order chi connectivity index (χ1) is 9.59. The van der Waals surface area contributed by atoms with Crippen LogP contribution in [0, 0.1) is 0 Å². The van der Waals surface area contributed by atoms with E-state index in [1.165, 1.54) is 4.31 Å². The highest BCUT2D eigenvalue weighted by Gasteiger charge is 2.24. The number of carbonyl (C=O) groups excluding carboxylic acids is 1. The first-order valence-corrected chi connectivity index (χ1v) is 8.36.